The third kappa shape index (κ3) is 4.63. The van der Waals surface area contributed by atoms with Crippen molar-refractivity contribution in [2.24, 2.45) is 10.1 Å². The zero-order chi connectivity index (χ0) is 21.0. The summed E-state index contributed by atoms with van der Waals surface area (Å²) in [6.07, 6.45) is 2.35. The molecule has 0 fully saturated rings. The van der Waals surface area contributed by atoms with Crippen LogP contribution in [0.25, 0.3) is 0 Å². The molecule has 13 heteroatoms. The molecule has 154 valence electrons. The molecule has 2 aliphatic rings. The van der Waals surface area contributed by atoms with E-state index in [9.17, 15) is 19.5 Å². The van der Waals surface area contributed by atoms with Crippen molar-refractivity contribution in [3.63, 3.8) is 0 Å². The summed E-state index contributed by atoms with van der Waals surface area (Å²) in [4.78, 5) is 46.2. The molecule has 0 aromatic carbocycles. The van der Waals surface area contributed by atoms with E-state index in [0.717, 1.165) is 22.5 Å². The fourth-order valence-corrected chi connectivity index (χ4v) is 4.35. The van der Waals surface area contributed by atoms with E-state index in [1.54, 1.807) is 0 Å². The number of carbonyl (C=O) groups is 3. The van der Waals surface area contributed by atoms with Crippen LogP contribution in [-0.2, 0) is 14.3 Å². The Balaban J connectivity index is 1.65. The van der Waals surface area contributed by atoms with E-state index in [2.05, 4.69) is 20.4 Å². The van der Waals surface area contributed by atoms with Gasteiger partial charge in [0.15, 0.2) is 0 Å². The zero-order valence-electron chi connectivity index (χ0n) is 15.1. The largest absolute Gasteiger partial charge is 0.499 e. The fourth-order valence-electron chi connectivity index (χ4n) is 2.61. The number of nitrogens with zero attached hydrogens (tertiary/aromatic N) is 4. The third-order valence-corrected chi connectivity index (χ3v) is 6.01. The lowest BCUT2D eigenvalue weighted by atomic mass is 10.2. The number of aliphatic imine (C=N–C) groups is 1. The number of thiazole rings is 1. The van der Waals surface area contributed by atoms with Gasteiger partial charge in [0.25, 0.3) is 17.7 Å². The lowest BCUT2D eigenvalue weighted by Crippen LogP contribution is -2.42. The van der Waals surface area contributed by atoms with Crippen molar-refractivity contribution in [3.8, 4) is 0 Å². The minimum Gasteiger partial charge on any atom is -0.499 e. The normalized spacial score (nSPS) is 20.0. The summed E-state index contributed by atoms with van der Waals surface area (Å²) >= 11 is 2.34. The molecule has 3 heterocycles. The van der Waals surface area contributed by atoms with Gasteiger partial charge >= 0.3 is 0 Å². The van der Waals surface area contributed by atoms with Crippen LogP contribution in [0, 0.1) is 0 Å². The Labute approximate surface area is 173 Å². The molecule has 0 radical (unpaired) electrons. The highest BCUT2D eigenvalue weighted by Gasteiger charge is 2.37. The van der Waals surface area contributed by atoms with Crippen LogP contribution in [0.15, 0.2) is 27.4 Å². The van der Waals surface area contributed by atoms with E-state index < -0.39 is 36.4 Å². The van der Waals surface area contributed by atoms with Gasteiger partial charge in [0, 0.05) is 17.2 Å². The molecule has 0 unspecified atom stereocenters. The van der Waals surface area contributed by atoms with Gasteiger partial charge in [-0.15, -0.1) is 23.1 Å². The first-order valence-corrected chi connectivity index (χ1v) is 10.2. The monoisotopic (exact) mass is 439 g/mol. The van der Waals surface area contributed by atoms with E-state index in [1.807, 2.05) is 0 Å². The van der Waals surface area contributed by atoms with E-state index in [4.69, 9.17) is 9.94 Å². The highest BCUT2D eigenvalue weighted by Crippen LogP contribution is 2.24. The standard InChI is InChI=1S/C16H17N5O6S2/c1-27-8-2-13(23)21(4-8)16(25)11-7-29-15(20-11)9(5-22)19-14(24)10-6-28-12(18-10)3-17-26/h2-3,6,9,11,22,26H,4-5,7H2,1H3,(H,19,24)/b17-3-/t9-,11-/m1/s1. The maximum absolute atomic E-state index is 12.6. The second kappa shape index (κ2) is 9.15. The number of carbonyl (C=O) groups excluding carboxylic acids is 3. The molecule has 1 aromatic heterocycles. The topological polar surface area (TPSA) is 154 Å². The molecule has 3 N–H and O–H groups in total. The minimum absolute atomic E-state index is 0.0592. The highest BCUT2D eigenvalue weighted by atomic mass is 32.2. The van der Waals surface area contributed by atoms with E-state index in [-0.39, 0.29) is 12.2 Å². The Hall–Kier alpha value is -2.77. The lowest BCUT2D eigenvalue weighted by Gasteiger charge is -2.17. The molecule has 11 nitrogen and oxygen atoms in total. The number of hydrogen-bond donors (Lipinski definition) is 3. The number of aliphatic hydroxyl groups is 1. The first-order chi connectivity index (χ1) is 14.0. The van der Waals surface area contributed by atoms with Crippen LogP contribution >= 0.6 is 23.1 Å². The number of thioether (sulfide) groups is 1. The van der Waals surface area contributed by atoms with Crippen LogP contribution in [-0.4, -0.2) is 87.3 Å². The van der Waals surface area contributed by atoms with Gasteiger partial charge in [-0.3, -0.25) is 24.3 Å². The third-order valence-electron chi connectivity index (χ3n) is 4.06. The Bertz CT molecular complexity index is 911. The minimum atomic E-state index is -0.816. The molecule has 0 spiro atoms. The lowest BCUT2D eigenvalue weighted by molar-refractivity contribution is -0.141. The van der Waals surface area contributed by atoms with Crippen LogP contribution in [0.4, 0.5) is 0 Å². The smallest absolute Gasteiger partial charge is 0.271 e. The molecular weight excluding hydrogens is 422 g/mol. The fraction of sp³-hybridized carbons (Fsp3) is 0.375. The molecule has 1 aromatic rings. The van der Waals surface area contributed by atoms with E-state index in [1.165, 1.54) is 30.3 Å². The van der Waals surface area contributed by atoms with Crippen LogP contribution in [0.5, 0.6) is 0 Å². The predicted octanol–water partition coefficient (Wildman–Crippen LogP) is -0.545. The number of ether oxygens (including phenoxy) is 1. The predicted molar refractivity (Wildman–Crippen MR) is 105 cm³/mol. The van der Waals surface area contributed by atoms with E-state index in [0.29, 0.717) is 21.6 Å². The van der Waals surface area contributed by atoms with Crippen molar-refractivity contribution in [1.29, 1.82) is 0 Å². The average Bonchev–Trinajstić information content (AvgIpc) is 3.45. The van der Waals surface area contributed by atoms with Crippen molar-refractivity contribution < 1.29 is 29.4 Å². The summed E-state index contributed by atoms with van der Waals surface area (Å²) in [5.74, 6) is -0.776. The van der Waals surface area contributed by atoms with Crippen molar-refractivity contribution in [2.45, 2.75) is 12.1 Å². The molecule has 2 atom stereocenters. The number of methoxy groups -OCH3 is 1. The van der Waals surface area contributed by atoms with Gasteiger partial charge in [-0.2, -0.15) is 0 Å². The highest BCUT2D eigenvalue weighted by molar-refractivity contribution is 8.14. The summed E-state index contributed by atoms with van der Waals surface area (Å²) in [7, 11) is 1.42. The Morgan fingerprint density at radius 1 is 1.55 bits per heavy atom. The van der Waals surface area contributed by atoms with Crippen molar-refractivity contribution in [1.82, 2.24) is 15.2 Å². The average molecular weight is 439 g/mol. The van der Waals surface area contributed by atoms with Gasteiger partial charge < -0.3 is 20.4 Å². The molecule has 2 aliphatic heterocycles. The first-order valence-electron chi connectivity index (χ1n) is 8.32. The molecule has 3 rings (SSSR count). The molecular formula is C16H17N5O6S2. The number of imide groups is 1. The van der Waals surface area contributed by atoms with Gasteiger partial charge in [0.05, 0.1) is 25.3 Å². The number of oxime groups is 1. The molecule has 0 saturated heterocycles. The summed E-state index contributed by atoms with van der Waals surface area (Å²) in [5, 5.41) is 25.8. The quantitative estimate of drug-likeness (QED) is 0.221. The summed E-state index contributed by atoms with van der Waals surface area (Å²) in [5.41, 5.74) is 0.0976. The Morgan fingerprint density at radius 2 is 2.34 bits per heavy atom. The molecule has 0 bridgehead atoms. The molecule has 3 amide bonds. The second-order valence-electron chi connectivity index (χ2n) is 5.90. The maximum Gasteiger partial charge on any atom is 0.271 e. The van der Waals surface area contributed by atoms with Crippen LogP contribution < -0.4 is 5.32 Å². The first kappa shape index (κ1) is 21.0. The van der Waals surface area contributed by atoms with Crippen molar-refractivity contribution >= 4 is 52.1 Å². The number of amides is 3. The number of aliphatic hydroxyl groups excluding tert-OH is 1. The van der Waals surface area contributed by atoms with Gasteiger partial charge in [-0.05, 0) is 0 Å². The summed E-state index contributed by atoms with van der Waals surface area (Å²) in [6.45, 7) is -0.366. The summed E-state index contributed by atoms with van der Waals surface area (Å²) < 4.78 is 5.00. The number of aromatic nitrogens is 1. The zero-order valence-corrected chi connectivity index (χ0v) is 16.8. The van der Waals surface area contributed by atoms with Crippen LogP contribution in [0.1, 0.15) is 15.5 Å². The Morgan fingerprint density at radius 3 is 3.00 bits per heavy atom. The van der Waals surface area contributed by atoms with Crippen molar-refractivity contribution in [3.05, 3.63) is 27.9 Å². The van der Waals surface area contributed by atoms with Gasteiger partial charge in [-0.25, -0.2) is 4.98 Å². The molecule has 29 heavy (non-hydrogen) atoms. The van der Waals surface area contributed by atoms with Gasteiger partial charge in [-0.1, -0.05) is 5.16 Å². The van der Waals surface area contributed by atoms with Crippen LogP contribution in [0.2, 0.25) is 0 Å². The number of hydrogen-bond acceptors (Lipinski definition) is 11. The number of rotatable bonds is 7. The second-order valence-corrected chi connectivity index (χ2v) is 7.83. The molecule has 0 aliphatic carbocycles. The summed E-state index contributed by atoms with van der Waals surface area (Å²) in [6, 6.07) is -1.61. The Kier molecular flexibility index (Phi) is 6.61. The SMILES string of the molecule is COC1=CC(=O)N(C(=O)[C@H]2CSC([C@@H](CO)NC(=O)c3csc(/C=N\O)n3)=N2)C1. The van der Waals surface area contributed by atoms with Gasteiger partial charge in [0.1, 0.15) is 34.8 Å². The van der Waals surface area contributed by atoms with E-state index >= 15 is 0 Å². The van der Waals surface area contributed by atoms with Crippen LogP contribution in [0.3, 0.4) is 0 Å². The van der Waals surface area contributed by atoms with Crippen molar-refractivity contribution in [2.75, 3.05) is 26.0 Å². The molecule has 0 saturated carbocycles. The number of nitrogens with one attached hydrogen (secondary N) is 1. The van der Waals surface area contributed by atoms with Gasteiger partial charge in [0.2, 0.25) is 0 Å². The maximum atomic E-state index is 12.6.